The van der Waals surface area contributed by atoms with Gasteiger partial charge in [-0.3, -0.25) is 9.78 Å². The lowest BCUT2D eigenvalue weighted by Crippen LogP contribution is -2.34. The fraction of sp³-hybridized carbons (Fsp3) is 0.174. The van der Waals surface area contributed by atoms with Crippen molar-refractivity contribution in [3.63, 3.8) is 0 Å². The maximum Gasteiger partial charge on any atom is 0.314 e. The Morgan fingerprint density at radius 1 is 1.03 bits per heavy atom. The number of hydrogen-bond acceptors (Lipinski definition) is 7. The number of carbonyl (C=O) groups is 1. The molecule has 0 fully saturated rings. The number of aromatic nitrogens is 4. The van der Waals surface area contributed by atoms with Gasteiger partial charge in [-0.2, -0.15) is 13.2 Å². The van der Waals surface area contributed by atoms with Crippen molar-refractivity contribution in [3.8, 4) is 11.5 Å². The lowest BCUT2D eigenvalue weighted by Gasteiger charge is -2.31. The number of benzene rings is 1. The average molecular weight is 467 g/mol. The molecular formula is C23H16F3N5O3. The second-order valence-electron chi connectivity index (χ2n) is 7.58. The van der Waals surface area contributed by atoms with Gasteiger partial charge in [0.05, 0.1) is 11.4 Å². The van der Waals surface area contributed by atoms with E-state index in [4.69, 9.17) is 4.42 Å². The molecule has 34 heavy (non-hydrogen) atoms. The maximum atomic E-state index is 14.0. The van der Waals surface area contributed by atoms with E-state index >= 15 is 0 Å². The standard InChI is InChI=1S/C23H16F3N5O3/c24-17-6-3-5-15(28-17)18(19(32)16-4-1-2-9-27-16)31-11-13-8-7-12(10-14(13)23(31)33)21-29-30-22(34-21)20(25)26/h1-10,18-20,32H,11H2/t18-,19+/m1/s1. The molecule has 4 aromatic rings. The maximum absolute atomic E-state index is 14.0. The van der Waals surface area contributed by atoms with Gasteiger partial charge in [-0.15, -0.1) is 10.2 Å². The highest BCUT2D eigenvalue weighted by Crippen LogP contribution is 2.39. The number of rotatable bonds is 6. The largest absolute Gasteiger partial charge is 0.415 e. The third-order valence-corrected chi connectivity index (χ3v) is 5.48. The molecule has 0 bridgehead atoms. The Kier molecular flexibility index (Phi) is 5.54. The molecule has 1 N–H and O–H groups in total. The number of aliphatic hydroxyl groups excluding tert-OH is 1. The number of pyridine rings is 2. The minimum atomic E-state index is -2.92. The van der Waals surface area contributed by atoms with Gasteiger partial charge in [0.15, 0.2) is 0 Å². The number of amides is 1. The zero-order valence-corrected chi connectivity index (χ0v) is 17.3. The summed E-state index contributed by atoms with van der Waals surface area (Å²) in [5.41, 5.74) is 1.62. The van der Waals surface area contributed by atoms with Gasteiger partial charge < -0.3 is 14.4 Å². The summed E-state index contributed by atoms with van der Waals surface area (Å²) in [6.45, 7) is 0.104. The first kappa shape index (κ1) is 21.7. The summed E-state index contributed by atoms with van der Waals surface area (Å²) in [7, 11) is 0. The minimum absolute atomic E-state index is 0.104. The van der Waals surface area contributed by atoms with Crippen LogP contribution in [0.3, 0.4) is 0 Å². The monoisotopic (exact) mass is 467 g/mol. The van der Waals surface area contributed by atoms with Crippen molar-refractivity contribution in [1.82, 2.24) is 25.1 Å². The molecule has 0 aliphatic carbocycles. The van der Waals surface area contributed by atoms with Crippen LogP contribution >= 0.6 is 0 Å². The number of nitrogens with zero attached hydrogens (tertiary/aromatic N) is 5. The van der Waals surface area contributed by atoms with Gasteiger partial charge in [0, 0.05) is 23.9 Å². The van der Waals surface area contributed by atoms with E-state index in [1.54, 1.807) is 30.3 Å². The van der Waals surface area contributed by atoms with Gasteiger partial charge in [-0.25, -0.2) is 4.98 Å². The molecule has 0 radical (unpaired) electrons. The highest BCUT2D eigenvalue weighted by molar-refractivity contribution is 5.99. The fourth-order valence-corrected chi connectivity index (χ4v) is 3.91. The van der Waals surface area contributed by atoms with Crippen LogP contribution in [0.4, 0.5) is 13.2 Å². The van der Waals surface area contributed by atoms with Crippen molar-refractivity contribution in [2.75, 3.05) is 0 Å². The molecule has 2 atom stereocenters. The predicted molar refractivity (Wildman–Crippen MR) is 111 cm³/mol. The molecule has 1 aromatic carbocycles. The summed E-state index contributed by atoms with van der Waals surface area (Å²) in [6, 6.07) is 12.7. The van der Waals surface area contributed by atoms with E-state index in [0.717, 1.165) is 0 Å². The van der Waals surface area contributed by atoms with Crippen LogP contribution in [0, 0.1) is 5.95 Å². The summed E-state index contributed by atoms with van der Waals surface area (Å²) in [4.78, 5) is 22.8. The fourth-order valence-electron chi connectivity index (χ4n) is 3.91. The molecule has 0 unspecified atom stereocenters. The summed E-state index contributed by atoms with van der Waals surface area (Å²) in [5, 5.41) is 18.1. The molecule has 5 rings (SSSR count). The molecule has 3 aromatic heterocycles. The van der Waals surface area contributed by atoms with Crippen LogP contribution in [0.2, 0.25) is 0 Å². The molecule has 0 saturated heterocycles. The van der Waals surface area contributed by atoms with Gasteiger partial charge in [0.25, 0.3) is 11.8 Å². The van der Waals surface area contributed by atoms with E-state index in [9.17, 15) is 23.1 Å². The van der Waals surface area contributed by atoms with Crippen molar-refractivity contribution >= 4 is 5.91 Å². The molecule has 0 spiro atoms. The number of hydrogen-bond donors (Lipinski definition) is 1. The molecule has 8 nitrogen and oxygen atoms in total. The van der Waals surface area contributed by atoms with Crippen LogP contribution in [-0.4, -0.2) is 36.1 Å². The first-order chi connectivity index (χ1) is 16.4. The first-order valence-corrected chi connectivity index (χ1v) is 10.2. The molecule has 172 valence electrons. The SMILES string of the molecule is O=C1c2cc(-c3nnc(C(F)F)o3)ccc2CN1[C@H](c1cccc(F)n1)[C@@H](O)c1ccccn1. The summed E-state index contributed by atoms with van der Waals surface area (Å²) >= 11 is 0. The number of carbonyl (C=O) groups excluding carboxylic acids is 1. The second kappa shape index (κ2) is 8.67. The summed E-state index contributed by atoms with van der Waals surface area (Å²) in [5.74, 6) is -2.19. The van der Waals surface area contributed by atoms with Gasteiger partial charge >= 0.3 is 6.43 Å². The van der Waals surface area contributed by atoms with Crippen molar-refractivity contribution in [2.45, 2.75) is 25.1 Å². The van der Waals surface area contributed by atoms with E-state index < -0.39 is 36.3 Å². The number of aliphatic hydroxyl groups is 1. The number of fused-ring (bicyclic) bond motifs is 1. The Morgan fingerprint density at radius 2 is 1.85 bits per heavy atom. The predicted octanol–water partition coefficient (Wildman–Crippen LogP) is 4.03. The van der Waals surface area contributed by atoms with Gasteiger partial charge in [0.2, 0.25) is 11.8 Å². The topological polar surface area (TPSA) is 105 Å². The Labute approximate surface area is 190 Å². The molecule has 11 heteroatoms. The summed E-state index contributed by atoms with van der Waals surface area (Å²) in [6.07, 6.45) is -2.71. The lowest BCUT2D eigenvalue weighted by molar-refractivity contribution is 0.0329. The Hall–Kier alpha value is -4.12. The Bertz CT molecular complexity index is 1350. The number of alkyl halides is 2. The highest BCUT2D eigenvalue weighted by Gasteiger charge is 2.39. The van der Waals surface area contributed by atoms with Crippen molar-refractivity contribution in [1.29, 1.82) is 0 Å². The van der Waals surface area contributed by atoms with E-state index in [0.29, 0.717) is 11.1 Å². The zero-order valence-electron chi connectivity index (χ0n) is 17.3. The van der Waals surface area contributed by atoms with Gasteiger partial charge in [0.1, 0.15) is 12.1 Å². The molecule has 1 amide bonds. The van der Waals surface area contributed by atoms with Crippen LogP contribution in [0.15, 0.2) is 65.2 Å². The average Bonchev–Trinajstić information content (AvgIpc) is 3.46. The summed E-state index contributed by atoms with van der Waals surface area (Å²) < 4.78 is 44.5. The molecule has 0 saturated carbocycles. The van der Waals surface area contributed by atoms with E-state index in [-0.39, 0.29) is 29.4 Å². The highest BCUT2D eigenvalue weighted by atomic mass is 19.3. The van der Waals surface area contributed by atoms with Crippen LogP contribution < -0.4 is 0 Å². The third-order valence-electron chi connectivity index (χ3n) is 5.48. The minimum Gasteiger partial charge on any atom is -0.415 e. The van der Waals surface area contributed by atoms with Crippen LogP contribution in [0.25, 0.3) is 11.5 Å². The third kappa shape index (κ3) is 3.90. The van der Waals surface area contributed by atoms with Gasteiger partial charge in [-0.1, -0.05) is 18.2 Å². The Morgan fingerprint density at radius 3 is 2.56 bits per heavy atom. The quantitative estimate of drug-likeness (QED) is 0.427. The van der Waals surface area contributed by atoms with E-state index in [2.05, 4.69) is 20.2 Å². The second-order valence-corrected chi connectivity index (χ2v) is 7.58. The molecule has 1 aliphatic rings. The van der Waals surface area contributed by atoms with Crippen molar-refractivity contribution < 1.29 is 27.5 Å². The smallest absolute Gasteiger partial charge is 0.314 e. The van der Waals surface area contributed by atoms with Crippen LogP contribution in [-0.2, 0) is 6.54 Å². The molecule has 1 aliphatic heterocycles. The van der Waals surface area contributed by atoms with Crippen LogP contribution in [0.1, 0.15) is 51.8 Å². The van der Waals surface area contributed by atoms with E-state index in [1.165, 1.54) is 35.4 Å². The normalized spacial score (nSPS) is 15.0. The van der Waals surface area contributed by atoms with Crippen molar-refractivity contribution in [2.24, 2.45) is 0 Å². The lowest BCUT2D eigenvalue weighted by atomic mass is 10.0. The Balaban J connectivity index is 1.52. The van der Waals surface area contributed by atoms with E-state index in [1.807, 2.05) is 0 Å². The van der Waals surface area contributed by atoms with Gasteiger partial charge in [-0.05, 0) is 42.0 Å². The molecular weight excluding hydrogens is 451 g/mol. The van der Waals surface area contributed by atoms with Crippen LogP contribution in [0.5, 0.6) is 0 Å². The van der Waals surface area contributed by atoms with Crippen molar-refractivity contribution in [3.05, 3.63) is 95.1 Å². The molecule has 4 heterocycles. The first-order valence-electron chi connectivity index (χ1n) is 10.2. The number of halogens is 3. The zero-order chi connectivity index (χ0) is 23.8.